The minimum absolute atomic E-state index is 0. The van der Waals surface area contributed by atoms with Crippen molar-refractivity contribution in [2.45, 2.75) is 18.8 Å². The topological polar surface area (TPSA) is 63.1 Å². The summed E-state index contributed by atoms with van der Waals surface area (Å²) in [6.07, 6.45) is 2.34. The van der Waals surface area contributed by atoms with Crippen LogP contribution in [-0.4, -0.2) is 87.4 Å². The van der Waals surface area contributed by atoms with Crippen molar-refractivity contribution < 1.29 is 5.11 Å². The summed E-state index contributed by atoms with van der Waals surface area (Å²) < 4.78 is 0. The number of aliphatic imine (C=N–C) groups is 1. The summed E-state index contributed by atoms with van der Waals surface area (Å²) >= 11 is 0. The van der Waals surface area contributed by atoms with Crippen molar-refractivity contribution in [3.63, 3.8) is 0 Å². The Balaban J connectivity index is 0.00000364. The Labute approximate surface area is 181 Å². The number of nitrogens with one attached hydrogen (secondary N) is 2. The molecule has 1 unspecified atom stereocenters. The van der Waals surface area contributed by atoms with E-state index in [-0.39, 0.29) is 36.5 Å². The van der Waals surface area contributed by atoms with Gasteiger partial charge in [-0.3, -0.25) is 4.99 Å². The number of benzene rings is 1. The summed E-state index contributed by atoms with van der Waals surface area (Å²) in [5, 5.41) is 16.3. The summed E-state index contributed by atoms with van der Waals surface area (Å²) in [4.78, 5) is 9.23. The first-order valence-electron chi connectivity index (χ1n) is 9.74. The van der Waals surface area contributed by atoms with E-state index in [2.05, 4.69) is 44.6 Å². The number of hydrogen-bond donors (Lipinski definition) is 3. The molecule has 0 saturated carbocycles. The second-order valence-corrected chi connectivity index (χ2v) is 7.02. The monoisotopic (exact) mass is 489 g/mol. The highest BCUT2D eigenvalue weighted by Crippen LogP contribution is 2.13. The quantitative estimate of drug-likeness (QED) is 0.213. The lowest BCUT2D eigenvalue weighted by Gasteiger charge is -2.32. The van der Waals surface area contributed by atoms with Crippen LogP contribution in [0.4, 0.5) is 0 Å². The minimum atomic E-state index is 0. The van der Waals surface area contributed by atoms with Crippen molar-refractivity contribution in [1.82, 2.24) is 20.4 Å². The van der Waals surface area contributed by atoms with Crippen LogP contribution in [-0.2, 0) is 0 Å². The van der Waals surface area contributed by atoms with Gasteiger partial charge in [0.25, 0.3) is 0 Å². The van der Waals surface area contributed by atoms with Gasteiger partial charge in [0.1, 0.15) is 0 Å². The third-order valence-corrected chi connectivity index (χ3v) is 5.02. The van der Waals surface area contributed by atoms with Gasteiger partial charge in [-0.2, -0.15) is 0 Å². The zero-order chi connectivity index (χ0) is 18.6. The zero-order valence-electron chi connectivity index (χ0n) is 16.7. The standard InChI is InChI=1S/C20H35N5O.HI/c1-21-20(23-16-19(17-26)18-8-4-3-5-9-18)22-10-6-7-11-25-14-12-24(2)13-15-25;/h3-5,8-9,19,26H,6-7,10-17H2,1-2H3,(H2,21,22,23);1H. The van der Waals surface area contributed by atoms with Crippen molar-refractivity contribution in [2.75, 3.05) is 66.5 Å². The number of hydrogen-bond acceptors (Lipinski definition) is 4. The molecule has 0 bridgehead atoms. The first kappa shape index (κ1) is 24.1. The van der Waals surface area contributed by atoms with Crippen molar-refractivity contribution in [1.29, 1.82) is 0 Å². The normalized spacial score (nSPS) is 17.2. The maximum atomic E-state index is 9.64. The first-order chi connectivity index (χ1) is 12.7. The molecule has 154 valence electrons. The lowest BCUT2D eigenvalue weighted by atomic mass is 10.0. The molecule has 3 N–H and O–H groups in total. The van der Waals surface area contributed by atoms with E-state index in [9.17, 15) is 5.11 Å². The number of halogens is 1. The molecule has 0 spiro atoms. The van der Waals surface area contributed by atoms with Gasteiger partial charge in [-0.1, -0.05) is 30.3 Å². The highest BCUT2D eigenvalue weighted by Gasteiger charge is 2.13. The van der Waals surface area contributed by atoms with E-state index >= 15 is 0 Å². The number of nitrogens with zero attached hydrogens (tertiary/aromatic N) is 3. The van der Waals surface area contributed by atoms with Crippen LogP contribution >= 0.6 is 24.0 Å². The Morgan fingerprint density at radius 1 is 1.11 bits per heavy atom. The van der Waals surface area contributed by atoms with Crippen molar-refractivity contribution >= 4 is 29.9 Å². The van der Waals surface area contributed by atoms with E-state index in [0.29, 0.717) is 6.54 Å². The van der Waals surface area contributed by atoms with Gasteiger partial charge in [0, 0.05) is 52.2 Å². The van der Waals surface area contributed by atoms with Gasteiger partial charge in [-0.15, -0.1) is 24.0 Å². The fourth-order valence-corrected chi connectivity index (χ4v) is 3.19. The van der Waals surface area contributed by atoms with E-state index in [4.69, 9.17) is 0 Å². The Hall–Kier alpha value is -0.900. The van der Waals surface area contributed by atoms with Gasteiger partial charge in [0.15, 0.2) is 5.96 Å². The van der Waals surface area contributed by atoms with Gasteiger partial charge < -0.3 is 25.5 Å². The van der Waals surface area contributed by atoms with Crippen LogP contribution in [0.15, 0.2) is 35.3 Å². The molecular formula is C20H36IN5O. The van der Waals surface area contributed by atoms with Crippen LogP contribution in [0.1, 0.15) is 24.3 Å². The van der Waals surface area contributed by atoms with E-state index < -0.39 is 0 Å². The lowest BCUT2D eigenvalue weighted by Crippen LogP contribution is -2.44. The Bertz CT molecular complexity index is 520. The fraction of sp³-hybridized carbons (Fsp3) is 0.650. The summed E-state index contributed by atoms with van der Waals surface area (Å²) in [5.74, 6) is 0.881. The number of aliphatic hydroxyl groups is 1. The molecule has 1 aliphatic heterocycles. The second kappa shape index (κ2) is 14.1. The molecule has 0 radical (unpaired) electrons. The van der Waals surface area contributed by atoms with Crippen LogP contribution < -0.4 is 10.6 Å². The molecule has 1 heterocycles. The molecular weight excluding hydrogens is 453 g/mol. The molecule has 1 aliphatic rings. The first-order valence-corrected chi connectivity index (χ1v) is 9.74. The zero-order valence-corrected chi connectivity index (χ0v) is 19.1. The van der Waals surface area contributed by atoms with Gasteiger partial charge in [0.2, 0.25) is 0 Å². The number of unbranched alkanes of at least 4 members (excludes halogenated alkanes) is 1. The molecule has 1 aromatic carbocycles. The number of rotatable bonds is 9. The Kier molecular flexibility index (Phi) is 12.6. The van der Waals surface area contributed by atoms with Gasteiger partial charge in [0.05, 0.1) is 6.61 Å². The molecule has 1 fully saturated rings. The molecule has 0 aromatic heterocycles. The number of likely N-dealkylation sites (N-methyl/N-ethyl adjacent to an activating group) is 1. The third-order valence-electron chi connectivity index (χ3n) is 5.02. The third kappa shape index (κ3) is 9.23. The number of aliphatic hydroxyl groups excluding tert-OH is 1. The highest BCUT2D eigenvalue weighted by atomic mass is 127. The number of piperazine rings is 1. The van der Waals surface area contributed by atoms with Crippen LogP contribution in [0.3, 0.4) is 0 Å². The Morgan fingerprint density at radius 2 is 1.81 bits per heavy atom. The molecule has 0 amide bonds. The Morgan fingerprint density at radius 3 is 2.44 bits per heavy atom. The van der Waals surface area contributed by atoms with Crippen LogP contribution in [0, 0.1) is 0 Å². The molecule has 1 aromatic rings. The van der Waals surface area contributed by atoms with Crippen molar-refractivity contribution in [2.24, 2.45) is 4.99 Å². The van der Waals surface area contributed by atoms with E-state index in [0.717, 1.165) is 24.5 Å². The van der Waals surface area contributed by atoms with Crippen LogP contribution in [0.2, 0.25) is 0 Å². The molecule has 27 heavy (non-hydrogen) atoms. The summed E-state index contributed by atoms with van der Waals surface area (Å²) in [7, 11) is 3.98. The molecule has 1 saturated heterocycles. The summed E-state index contributed by atoms with van der Waals surface area (Å²) in [6, 6.07) is 10.1. The molecule has 1 atom stereocenters. The van der Waals surface area contributed by atoms with E-state index in [1.807, 2.05) is 18.2 Å². The average Bonchev–Trinajstić information content (AvgIpc) is 2.68. The largest absolute Gasteiger partial charge is 0.396 e. The predicted octanol–water partition coefficient (Wildman–Crippen LogP) is 1.57. The van der Waals surface area contributed by atoms with Gasteiger partial charge in [-0.05, 0) is 32.0 Å². The van der Waals surface area contributed by atoms with E-state index in [1.54, 1.807) is 7.05 Å². The minimum Gasteiger partial charge on any atom is -0.396 e. The molecule has 7 heteroatoms. The van der Waals surface area contributed by atoms with Gasteiger partial charge in [-0.25, -0.2) is 0 Å². The number of guanidine groups is 1. The predicted molar refractivity (Wildman–Crippen MR) is 124 cm³/mol. The molecule has 0 aliphatic carbocycles. The van der Waals surface area contributed by atoms with Crippen LogP contribution in [0.5, 0.6) is 0 Å². The SMILES string of the molecule is CN=C(NCCCCN1CCN(C)CC1)NCC(CO)c1ccccc1.I. The maximum absolute atomic E-state index is 9.64. The second-order valence-electron chi connectivity index (χ2n) is 7.02. The van der Waals surface area contributed by atoms with Crippen LogP contribution in [0.25, 0.3) is 0 Å². The smallest absolute Gasteiger partial charge is 0.190 e. The van der Waals surface area contributed by atoms with Crippen molar-refractivity contribution in [3.8, 4) is 0 Å². The summed E-state index contributed by atoms with van der Waals surface area (Å²) in [6.45, 7) is 7.64. The van der Waals surface area contributed by atoms with Gasteiger partial charge >= 0.3 is 0 Å². The summed E-state index contributed by atoms with van der Waals surface area (Å²) in [5.41, 5.74) is 1.14. The molecule has 2 rings (SSSR count). The lowest BCUT2D eigenvalue weighted by molar-refractivity contribution is 0.152. The van der Waals surface area contributed by atoms with E-state index in [1.165, 1.54) is 39.1 Å². The average molecular weight is 489 g/mol. The maximum Gasteiger partial charge on any atom is 0.190 e. The molecule has 6 nitrogen and oxygen atoms in total. The van der Waals surface area contributed by atoms with Crippen molar-refractivity contribution in [3.05, 3.63) is 35.9 Å². The highest BCUT2D eigenvalue weighted by molar-refractivity contribution is 14.0. The fourth-order valence-electron chi connectivity index (χ4n) is 3.19.